The lowest BCUT2D eigenvalue weighted by atomic mass is 10.2. The van der Waals surface area contributed by atoms with E-state index in [1.165, 1.54) is 4.90 Å². The van der Waals surface area contributed by atoms with Gasteiger partial charge in [-0.15, -0.1) is 0 Å². The number of likely N-dealkylation sites (tertiary alicyclic amines) is 1. The Morgan fingerprint density at radius 3 is 2.57 bits per heavy atom. The smallest absolute Gasteiger partial charge is 0.326 e. The topological polar surface area (TPSA) is 86.7 Å². The number of benzene rings is 1. The molecule has 1 heterocycles. The summed E-state index contributed by atoms with van der Waals surface area (Å²) >= 11 is 5.73. The van der Waals surface area contributed by atoms with Gasteiger partial charge in [0.25, 0.3) is 5.91 Å². The Bertz CT molecular complexity index is 559. The Morgan fingerprint density at radius 2 is 1.95 bits per heavy atom. The van der Waals surface area contributed by atoms with Crippen LogP contribution in [0, 0.1) is 0 Å². The molecule has 1 atom stereocenters. The van der Waals surface area contributed by atoms with Crippen LogP contribution >= 0.6 is 11.6 Å². The van der Waals surface area contributed by atoms with Crippen LogP contribution in [-0.4, -0.2) is 46.9 Å². The molecule has 1 aliphatic rings. The lowest BCUT2D eigenvalue weighted by Crippen LogP contribution is -2.45. The zero-order chi connectivity index (χ0) is 15.4. The molecule has 7 heteroatoms. The van der Waals surface area contributed by atoms with Crippen LogP contribution in [0.25, 0.3) is 0 Å². The van der Waals surface area contributed by atoms with Gasteiger partial charge in [0, 0.05) is 17.1 Å². The van der Waals surface area contributed by atoms with E-state index in [0.29, 0.717) is 30.0 Å². The van der Waals surface area contributed by atoms with Crippen LogP contribution in [0.3, 0.4) is 0 Å². The molecule has 1 aromatic carbocycles. The number of halogens is 1. The molecule has 2 amide bonds. The molecule has 1 aliphatic heterocycles. The number of carbonyl (C=O) groups is 3. The van der Waals surface area contributed by atoms with E-state index in [-0.39, 0.29) is 12.5 Å². The number of nitrogens with zero attached hydrogens (tertiary/aromatic N) is 1. The predicted molar refractivity (Wildman–Crippen MR) is 76.2 cm³/mol. The minimum Gasteiger partial charge on any atom is -0.480 e. The van der Waals surface area contributed by atoms with E-state index in [1.54, 1.807) is 24.3 Å². The summed E-state index contributed by atoms with van der Waals surface area (Å²) in [5, 5.41) is 12.0. The Kier molecular flexibility index (Phi) is 4.80. The van der Waals surface area contributed by atoms with Crippen LogP contribution in [-0.2, 0) is 9.59 Å². The number of carboxylic acids is 1. The molecule has 0 aromatic heterocycles. The van der Waals surface area contributed by atoms with E-state index in [2.05, 4.69) is 5.32 Å². The van der Waals surface area contributed by atoms with Gasteiger partial charge in [-0.2, -0.15) is 0 Å². The third-order valence-electron chi connectivity index (χ3n) is 3.36. The summed E-state index contributed by atoms with van der Waals surface area (Å²) < 4.78 is 0. The van der Waals surface area contributed by atoms with Gasteiger partial charge in [0.05, 0.1) is 6.54 Å². The van der Waals surface area contributed by atoms with Gasteiger partial charge in [0.1, 0.15) is 6.04 Å². The van der Waals surface area contributed by atoms with Crippen molar-refractivity contribution in [3.05, 3.63) is 34.9 Å². The second-order valence-corrected chi connectivity index (χ2v) is 5.21. The van der Waals surface area contributed by atoms with Crippen LogP contribution in [0.2, 0.25) is 5.02 Å². The molecular formula is C14H15ClN2O4. The molecule has 0 radical (unpaired) electrons. The number of hydrogen-bond donors (Lipinski definition) is 2. The van der Waals surface area contributed by atoms with Gasteiger partial charge in [-0.25, -0.2) is 4.79 Å². The number of nitrogens with one attached hydrogen (secondary N) is 1. The number of carboxylic acid groups (broad SMARTS) is 1. The van der Waals surface area contributed by atoms with Crippen molar-refractivity contribution in [1.29, 1.82) is 0 Å². The molecule has 1 aromatic rings. The van der Waals surface area contributed by atoms with Gasteiger partial charge < -0.3 is 15.3 Å². The summed E-state index contributed by atoms with van der Waals surface area (Å²) in [5.41, 5.74) is 0.392. The number of amides is 2. The van der Waals surface area contributed by atoms with E-state index >= 15 is 0 Å². The number of carbonyl (C=O) groups excluding carboxylic acids is 2. The minimum absolute atomic E-state index is 0.217. The van der Waals surface area contributed by atoms with Crippen LogP contribution < -0.4 is 5.32 Å². The van der Waals surface area contributed by atoms with Crippen molar-refractivity contribution in [3.8, 4) is 0 Å². The summed E-state index contributed by atoms with van der Waals surface area (Å²) in [5.74, 6) is -1.79. The standard InChI is InChI=1S/C14H15ClN2O4/c15-10-5-3-9(4-6-10)13(19)16-8-12(18)17-7-1-2-11(17)14(20)21/h3-6,11H,1-2,7-8H2,(H,16,19)(H,20,21)/t11-/m0/s1. The van der Waals surface area contributed by atoms with Crippen molar-refractivity contribution in [2.45, 2.75) is 18.9 Å². The second-order valence-electron chi connectivity index (χ2n) is 4.77. The highest BCUT2D eigenvalue weighted by atomic mass is 35.5. The Labute approximate surface area is 126 Å². The van der Waals surface area contributed by atoms with Crippen molar-refractivity contribution >= 4 is 29.4 Å². The summed E-state index contributed by atoms with van der Waals surface area (Å²) in [6, 6.07) is 5.49. The van der Waals surface area contributed by atoms with E-state index in [4.69, 9.17) is 16.7 Å². The van der Waals surface area contributed by atoms with Crippen LogP contribution in [0.4, 0.5) is 0 Å². The van der Waals surface area contributed by atoms with Gasteiger partial charge in [0.15, 0.2) is 0 Å². The lowest BCUT2D eigenvalue weighted by molar-refractivity contribution is -0.147. The SMILES string of the molecule is O=C(NCC(=O)N1CCC[C@H]1C(=O)O)c1ccc(Cl)cc1. The molecule has 0 spiro atoms. The Hall–Kier alpha value is -2.08. The highest BCUT2D eigenvalue weighted by Crippen LogP contribution is 2.17. The van der Waals surface area contributed by atoms with Gasteiger partial charge in [-0.05, 0) is 37.1 Å². The maximum atomic E-state index is 12.0. The molecule has 6 nitrogen and oxygen atoms in total. The van der Waals surface area contributed by atoms with Crippen molar-refractivity contribution in [2.75, 3.05) is 13.1 Å². The first kappa shape index (κ1) is 15.3. The van der Waals surface area contributed by atoms with Crippen LogP contribution in [0.5, 0.6) is 0 Å². The summed E-state index contributed by atoms with van der Waals surface area (Å²) in [6.07, 6.45) is 1.11. The highest BCUT2D eigenvalue weighted by Gasteiger charge is 2.33. The van der Waals surface area contributed by atoms with Gasteiger partial charge in [0.2, 0.25) is 5.91 Å². The van der Waals surface area contributed by atoms with Crippen molar-refractivity contribution in [3.63, 3.8) is 0 Å². The Balaban J connectivity index is 1.90. The van der Waals surface area contributed by atoms with Gasteiger partial charge >= 0.3 is 5.97 Å². The molecule has 1 saturated heterocycles. The molecule has 0 saturated carbocycles. The summed E-state index contributed by atoms with van der Waals surface area (Å²) in [4.78, 5) is 36.1. The first-order chi connectivity index (χ1) is 9.99. The maximum absolute atomic E-state index is 12.0. The van der Waals surface area contributed by atoms with Crippen LogP contribution in [0.1, 0.15) is 23.2 Å². The second kappa shape index (κ2) is 6.58. The molecule has 21 heavy (non-hydrogen) atoms. The first-order valence-electron chi connectivity index (χ1n) is 6.55. The van der Waals surface area contributed by atoms with E-state index in [0.717, 1.165) is 0 Å². The van der Waals surface area contributed by atoms with Crippen molar-refractivity contribution < 1.29 is 19.5 Å². The third kappa shape index (κ3) is 3.72. The molecule has 0 unspecified atom stereocenters. The van der Waals surface area contributed by atoms with Crippen molar-refractivity contribution in [2.24, 2.45) is 0 Å². The number of aliphatic carboxylic acids is 1. The zero-order valence-corrected chi connectivity index (χ0v) is 12.0. The molecular weight excluding hydrogens is 296 g/mol. The Morgan fingerprint density at radius 1 is 1.29 bits per heavy atom. The monoisotopic (exact) mass is 310 g/mol. The zero-order valence-electron chi connectivity index (χ0n) is 11.2. The number of rotatable bonds is 4. The largest absolute Gasteiger partial charge is 0.480 e. The number of hydrogen-bond acceptors (Lipinski definition) is 3. The average molecular weight is 311 g/mol. The average Bonchev–Trinajstić information content (AvgIpc) is 2.95. The molecule has 0 bridgehead atoms. The molecule has 2 N–H and O–H groups in total. The van der Waals surface area contributed by atoms with E-state index in [9.17, 15) is 14.4 Å². The van der Waals surface area contributed by atoms with Crippen LogP contribution in [0.15, 0.2) is 24.3 Å². The lowest BCUT2D eigenvalue weighted by Gasteiger charge is -2.21. The van der Waals surface area contributed by atoms with E-state index < -0.39 is 17.9 Å². The first-order valence-corrected chi connectivity index (χ1v) is 6.93. The van der Waals surface area contributed by atoms with Gasteiger partial charge in [-0.3, -0.25) is 9.59 Å². The predicted octanol–water partition coefficient (Wildman–Crippen LogP) is 1.15. The normalized spacial score (nSPS) is 17.6. The fraction of sp³-hybridized carbons (Fsp3) is 0.357. The fourth-order valence-corrected chi connectivity index (χ4v) is 2.41. The third-order valence-corrected chi connectivity index (χ3v) is 3.62. The summed E-state index contributed by atoms with van der Waals surface area (Å²) in [7, 11) is 0. The van der Waals surface area contributed by atoms with Crippen molar-refractivity contribution in [1.82, 2.24) is 10.2 Å². The summed E-state index contributed by atoms with van der Waals surface area (Å²) in [6.45, 7) is 0.192. The van der Waals surface area contributed by atoms with Gasteiger partial charge in [-0.1, -0.05) is 11.6 Å². The highest BCUT2D eigenvalue weighted by molar-refractivity contribution is 6.30. The molecule has 2 rings (SSSR count). The maximum Gasteiger partial charge on any atom is 0.326 e. The van der Waals surface area contributed by atoms with E-state index in [1.807, 2.05) is 0 Å². The quantitative estimate of drug-likeness (QED) is 0.873. The fourth-order valence-electron chi connectivity index (χ4n) is 2.28. The minimum atomic E-state index is -1.01. The molecule has 1 fully saturated rings. The molecule has 0 aliphatic carbocycles. The molecule has 112 valence electrons.